The minimum Gasteiger partial charge on any atom is -0.344 e. The Morgan fingerprint density at radius 3 is 2.06 bits per heavy atom. The van der Waals surface area contributed by atoms with Gasteiger partial charge in [0.1, 0.15) is 6.04 Å². The molecule has 0 aromatic carbocycles. The molecule has 1 unspecified atom stereocenters. The lowest BCUT2D eigenvalue weighted by atomic mass is 9.95. The number of nitrogens with one attached hydrogen (secondary N) is 1. The molecule has 1 atom stereocenters. The lowest BCUT2D eigenvalue weighted by Crippen LogP contribution is -2.54. The SMILES string of the molecule is CC(NC(=O)C(C)(C)C)C(=O)N1CCN(C)CC1. The van der Waals surface area contributed by atoms with E-state index in [9.17, 15) is 9.59 Å². The van der Waals surface area contributed by atoms with Gasteiger partial charge in [0.2, 0.25) is 11.8 Å². The molecule has 1 saturated heterocycles. The Bertz CT molecular complexity index is 315. The number of hydrogen-bond acceptors (Lipinski definition) is 3. The molecule has 1 heterocycles. The van der Waals surface area contributed by atoms with Gasteiger partial charge in [0.15, 0.2) is 0 Å². The van der Waals surface area contributed by atoms with Crippen LogP contribution in [0.4, 0.5) is 0 Å². The molecule has 1 N–H and O–H groups in total. The molecule has 0 saturated carbocycles. The van der Waals surface area contributed by atoms with Gasteiger partial charge in [0, 0.05) is 31.6 Å². The zero-order valence-corrected chi connectivity index (χ0v) is 12.1. The number of hydrogen-bond donors (Lipinski definition) is 1. The van der Waals surface area contributed by atoms with Crippen molar-refractivity contribution in [3.63, 3.8) is 0 Å². The van der Waals surface area contributed by atoms with Gasteiger partial charge in [-0.1, -0.05) is 20.8 Å². The molecule has 1 aliphatic heterocycles. The summed E-state index contributed by atoms with van der Waals surface area (Å²) >= 11 is 0. The first-order valence-electron chi connectivity index (χ1n) is 6.50. The van der Waals surface area contributed by atoms with Crippen molar-refractivity contribution in [1.82, 2.24) is 15.1 Å². The van der Waals surface area contributed by atoms with Gasteiger partial charge in [-0.05, 0) is 14.0 Å². The number of carbonyl (C=O) groups excluding carboxylic acids is 2. The second kappa shape index (κ2) is 5.69. The minimum absolute atomic E-state index is 0.0145. The molecule has 0 spiro atoms. The Labute approximate surface area is 110 Å². The van der Waals surface area contributed by atoms with E-state index in [4.69, 9.17) is 0 Å². The van der Waals surface area contributed by atoms with Crippen LogP contribution < -0.4 is 5.32 Å². The minimum atomic E-state index is -0.462. The summed E-state index contributed by atoms with van der Waals surface area (Å²) in [6, 6.07) is -0.444. The van der Waals surface area contributed by atoms with Crippen LogP contribution in [0, 0.1) is 5.41 Å². The summed E-state index contributed by atoms with van der Waals surface area (Å²) in [6.07, 6.45) is 0. The predicted molar refractivity (Wildman–Crippen MR) is 71.1 cm³/mol. The van der Waals surface area contributed by atoms with E-state index in [0.717, 1.165) is 26.2 Å². The zero-order chi connectivity index (χ0) is 13.9. The Morgan fingerprint density at radius 2 is 1.61 bits per heavy atom. The Morgan fingerprint density at radius 1 is 1.11 bits per heavy atom. The quantitative estimate of drug-likeness (QED) is 0.773. The van der Waals surface area contributed by atoms with Crippen LogP contribution in [0.3, 0.4) is 0 Å². The first-order valence-corrected chi connectivity index (χ1v) is 6.50. The van der Waals surface area contributed by atoms with E-state index in [1.807, 2.05) is 32.7 Å². The van der Waals surface area contributed by atoms with Crippen molar-refractivity contribution in [2.75, 3.05) is 33.2 Å². The Hall–Kier alpha value is -1.10. The number of nitrogens with zero attached hydrogens (tertiary/aromatic N) is 2. The molecule has 1 fully saturated rings. The van der Waals surface area contributed by atoms with Crippen LogP contribution >= 0.6 is 0 Å². The van der Waals surface area contributed by atoms with E-state index in [-0.39, 0.29) is 11.8 Å². The monoisotopic (exact) mass is 255 g/mol. The van der Waals surface area contributed by atoms with E-state index in [2.05, 4.69) is 10.2 Å². The summed E-state index contributed by atoms with van der Waals surface area (Å²) in [6.45, 7) is 10.6. The van der Waals surface area contributed by atoms with Gasteiger partial charge in [-0.3, -0.25) is 9.59 Å². The average Bonchev–Trinajstić information content (AvgIpc) is 2.27. The lowest BCUT2D eigenvalue weighted by Gasteiger charge is -2.34. The molecule has 0 aliphatic carbocycles. The summed E-state index contributed by atoms with van der Waals surface area (Å²) in [5.41, 5.74) is -0.462. The fraction of sp³-hybridized carbons (Fsp3) is 0.846. The van der Waals surface area contributed by atoms with Gasteiger partial charge in [-0.2, -0.15) is 0 Å². The molecule has 5 heteroatoms. The van der Waals surface area contributed by atoms with Crippen molar-refractivity contribution in [3.8, 4) is 0 Å². The molecule has 104 valence electrons. The maximum absolute atomic E-state index is 12.2. The van der Waals surface area contributed by atoms with Crippen LogP contribution in [0.25, 0.3) is 0 Å². The third kappa shape index (κ3) is 3.98. The number of rotatable bonds is 2. The van der Waals surface area contributed by atoms with Crippen molar-refractivity contribution in [3.05, 3.63) is 0 Å². The number of piperazine rings is 1. The number of carbonyl (C=O) groups is 2. The van der Waals surface area contributed by atoms with Crippen LogP contribution in [-0.2, 0) is 9.59 Å². The maximum atomic E-state index is 12.2. The van der Waals surface area contributed by atoms with E-state index < -0.39 is 11.5 Å². The molecule has 5 nitrogen and oxygen atoms in total. The third-order valence-corrected chi connectivity index (χ3v) is 3.21. The predicted octanol–water partition coefficient (Wildman–Crippen LogP) is 0.311. The van der Waals surface area contributed by atoms with Gasteiger partial charge < -0.3 is 15.1 Å². The average molecular weight is 255 g/mol. The van der Waals surface area contributed by atoms with Gasteiger partial charge >= 0.3 is 0 Å². The molecular formula is C13H25N3O2. The standard InChI is InChI=1S/C13H25N3O2/c1-10(14-12(18)13(2,3)4)11(17)16-8-6-15(5)7-9-16/h10H,6-9H2,1-5H3,(H,14,18). The zero-order valence-electron chi connectivity index (χ0n) is 12.1. The molecule has 0 bridgehead atoms. The summed E-state index contributed by atoms with van der Waals surface area (Å²) < 4.78 is 0. The van der Waals surface area contributed by atoms with Crippen LogP contribution in [0.2, 0.25) is 0 Å². The highest BCUT2D eigenvalue weighted by Crippen LogP contribution is 2.13. The summed E-state index contributed by atoms with van der Waals surface area (Å²) in [5.74, 6) is -0.0711. The summed E-state index contributed by atoms with van der Waals surface area (Å²) in [7, 11) is 2.05. The van der Waals surface area contributed by atoms with Gasteiger partial charge in [0.05, 0.1) is 0 Å². The molecule has 18 heavy (non-hydrogen) atoms. The van der Waals surface area contributed by atoms with Crippen molar-refractivity contribution in [1.29, 1.82) is 0 Å². The molecular weight excluding hydrogens is 230 g/mol. The fourth-order valence-electron chi connectivity index (χ4n) is 1.78. The van der Waals surface area contributed by atoms with Crippen LogP contribution in [-0.4, -0.2) is 60.9 Å². The maximum Gasteiger partial charge on any atom is 0.244 e. The molecule has 2 amide bonds. The normalized spacial score (nSPS) is 19.5. The first kappa shape index (κ1) is 15.0. The van der Waals surface area contributed by atoms with Gasteiger partial charge in [0.25, 0.3) is 0 Å². The molecule has 1 aliphatic rings. The first-order chi connectivity index (χ1) is 8.21. The third-order valence-electron chi connectivity index (χ3n) is 3.21. The lowest BCUT2D eigenvalue weighted by molar-refractivity contribution is -0.139. The fourth-order valence-corrected chi connectivity index (χ4v) is 1.78. The highest BCUT2D eigenvalue weighted by atomic mass is 16.2. The number of amides is 2. The summed E-state index contributed by atoms with van der Waals surface area (Å²) in [5, 5.41) is 2.78. The Kier molecular flexibility index (Phi) is 4.73. The van der Waals surface area contributed by atoms with Gasteiger partial charge in [-0.25, -0.2) is 0 Å². The molecule has 1 rings (SSSR count). The van der Waals surface area contributed by atoms with E-state index in [1.165, 1.54) is 0 Å². The van der Waals surface area contributed by atoms with Crippen molar-refractivity contribution in [2.24, 2.45) is 5.41 Å². The molecule has 0 aromatic heterocycles. The van der Waals surface area contributed by atoms with Gasteiger partial charge in [-0.15, -0.1) is 0 Å². The topological polar surface area (TPSA) is 52.7 Å². The smallest absolute Gasteiger partial charge is 0.244 e. The largest absolute Gasteiger partial charge is 0.344 e. The van der Waals surface area contributed by atoms with Crippen LogP contribution in [0.15, 0.2) is 0 Å². The van der Waals surface area contributed by atoms with E-state index >= 15 is 0 Å². The van der Waals surface area contributed by atoms with E-state index in [0.29, 0.717) is 0 Å². The highest BCUT2D eigenvalue weighted by Gasteiger charge is 2.28. The second-order valence-electron chi connectivity index (χ2n) is 6.07. The summed E-state index contributed by atoms with van der Waals surface area (Å²) in [4.78, 5) is 28.0. The van der Waals surface area contributed by atoms with Crippen LogP contribution in [0.1, 0.15) is 27.7 Å². The second-order valence-corrected chi connectivity index (χ2v) is 6.07. The highest BCUT2D eigenvalue weighted by molar-refractivity contribution is 5.89. The molecule has 0 radical (unpaired) electrons. The Balaban J connectivity index is 2.49. The molecule has 0 aromatic rings. The van der Waals surface area contributed by atoms with Crippen molar-refractivity contribution >= 4 is 11.8 Å². The van der Waals surface area contributed by atoms with Crippen LogP contribution in [0.5, 0.6) is 0 Å². The van der Waals surface area contributed by atoms with Crippen molar-refractivity contribution < 1.29 is 9.59 Å². The van der Waals surface area contributed by atoms with E-state index in [1.54, 1.807) is 6.92 Å². The number of likely N-dealkylation sites (N-methyl/N-ethyl adjacent to an activating group) is 1. The van der Waals surface area contributed by atoms with Crippen molar-refractivity contribution in [2.45, 2.75) is 33.7 Å².